The van der Waals surface area contributed by atoms with Crippen LogP contribution in [0.25, 0.3) is 0 Å². The van der Waals surface area contributed by atoms with E-state index < -0.39 is 0 Å². The summed E-state index contributed by atoms with van der Waals surface area (Å²) < 4.78 is 0. The van der Waals surface area contributed by atoms with E-state index in [0.717, 1.165) is 0 Å². The zero-order valence-electron chi connectivity index (χ0n) is 11.6. The van der Waals surface area contributed by atoms with Gasteiger partial charge in [0.25, 0.3) is 0 Å². The fourth-order valence-electron chi connectivity index (χ4n) is 2.15. The van der Waals surface area contributed by atoms with Gasteiger partial charge in [0, 0.05) is 0 Å². The summed E-state index contributed by atoms with van der Waals surface area (Å²) in [5, 5.41) is 0. The van der Waals surface area contributed by atoms with Crippen molar-refractivity contribution in [2.75, 3.05) is 0 Å². The molecule has 0 N–H and O–H groups in total. The van der Waals surface area contributed by atoms with Crippen molar-refractivity contribution in [1.29, 1.82) is 0 Å². The van der Waals surface area contributed by atoms with Gasteiger partial charge >= 0.3 is 0 Å². The van der Waals surface area contributed by atoms with Crippen molar-refractivity contribution in [2.45, 2.75) is 58.8 Å². The lowest BCUT2D eigenvalue weighted by atomic mass is 9.93. The fourth-order valence-corrected chi connectivity index (χ4v) is 2.15. The first-order valence-corrected chi connectivity index (χ1v) is 6.96. The van der Waals surface area contributed by atoms with Crippen LogP contribution in [0.3, 0.4) is 0 Å². The molecular weight excluding hydrogens is 204 g/mol. The lowest BCUT2D eigenvalue weighted by Crippen LogP contribution is -1.96. The van der Waals surface area contributed by atoms with Crippen LogP contribution >= 0.6 is 0 Å². The zero-order chi connectivity index (χ0) is 12.7. The smallest absolute Gasteiger partial charge is 0.00129 e. The van der Waals surface area contributed by atoms with Crippen molar-refractivity contribution >= 4 is 0 Å². The predicted octanol–water partition coefficient (Wildman–Crippen LogP) is 5.27. The molecule has 94 valence electrons. The Kier molecular flexibility index (Phi) is 6.04. The monoisotopic (exact) mass is 230 g/mol. The summed E-state index contributed by atoms with van der Waals surface area (Å²) in [6, 6.07) is 7.10. The second-order valence-electron chi connectivity index (χ2n) is 4.96. The van der Waals surface area contributed by atoms with Gasteiger partial charge in [0.1, 0.15) is 0 Å². The number of allylic oxidation sites excluding steroid dienone is 1. The molecule has 0 aliphatic carbocycles. The normalized spacial score (nSPS) is 12.4. The lowest BCUT2D eigenvalue weighted by molar-refractivity contribution is 0.789. The molecule has 1 aromatic rings. The second-order valence-corrected chi connectivity index (χ2v) is 4.96. The van der Waals surface area contributed by atoms with Gasteiger partial charge in [-0.3, -0.25) is 0 Å². The Hall–Kier alpha value is -1.04. The van der Waals surface area contributed by atoms with Crippen LogP contribution in [0.15, 0.2) is 30.9 Å². The third-order valence-corrected chi connectivity index (χ3v) is 3.31. The molecular formula is C17H26. The van der Waals surface area contributed by atoms with E-state index >= 15 is 0 Å². The highest BCUT2D eigenvalue weighted by Gasteiger charge is 2.05. The summed E-state index contributed by atoms with van der Waals surface area (Å²) in [7, 11) is 0. The van der Waals surface area contributed by atoms with E-state index in [-0.39, 0.29) is 0 Å². The van der Waals surface area contributed by atoms with Gasteiger partial charge in [-0.1, -0.05) is 57.9 Å². The first kappa shape index (κ1) is 14.0. The van der Waals surface area contributed by atoms with Crippen molar-refractivity contribution < 1.29 is 0 Å². The van der Waals surface area contributed by atoms with E-state index in [1.807, 2.05) is 6.08 Å². The number of unbranched alkanes of at least 4 members (excludes halogenated alkanes) is 1. The number of hydrogen-bond acceptors (Lipinski definition) is 0. The molecule has 0 saturated heterocycles. The molecule has 0 nitrogen and oxygen atoms in total. The average molecular weight is 230 g/mol. The molecule has 0 fully saturated rings. The molecule has 1 unspecified atom stereocenters. The first-order chi connectivity index (χ1) is 8.21. The third-order valence-electron chi connectivity index (χ3n) is 3.31. The molecule has 0 bridgehead atoms. The van der Waals surface area contributed by atoms with Crippen molar-refractivity contribution in [3.8, 4) is 0 Å². The third kappa shape index (κ3) is 4.38. The Morgan fingerprint density at radius 2 is 1.71 bits per heavy atom. The minimum Gasteiger partial charge on any atom is -0.102 e. The summed E-state index contributed by atoms with van der Waals surface area (Å²) >= 11 is 0. The number of rotatable bonds is 7. The molecule has 1 aromatic carbocycles. The van der Waals surface area contributed by atoms with Gasteiger partial charge in [0.05, 0.1) is 0 Å². The molecule has 0 aliphatic heterocycles. The number of benzene rings is 1. The maximum absolute atomic E-state index is 3.90. The topological polar surface area (TPSA) is 0 Å². The number of hydrogen-bond donors (Lipinski definition) is 0. The van der Waals surface area contributed by atoms with Gasteiger partial charge in [0.2, 0.25) is 0 Å². The van der Waals surface area contributed by atoms with Crippen LogP contribution in [-0.4, -0.2) is 0 Å². The molecule has 0 aromatic heterocycles. The average Bonchev–Trinajstić information content (AvgIpc) is 2.35. The van der Waals surface area contributed by atoms with E-state index in [0.29, 0.717) is 5.92 Å². The van der Waals surface area contributed by atoms with Crippen LogP contribution in [0, 0.1) is 0 Å². The maximum atomic E-state index is 3.90. The number of aryl methyl sites for hydroxylation is 2. The minimum absolute atomic E-state index is 0.465. The molecule has 0 amide bonds. The van der Waals surface area contributed by atoms with Gasteiger partial charge in [-0.2, -0.15) is 0 Å². The highest BCUT2D eigenvalue weighted by Crippen LogP contribution is 2.21. The van der Waals surface area contributed by atoms with Crippen LogP contribution in [-0.2, 0) is 12.8 Å². The SMILES string of the molecule is C=CC(C)c1cc(CCC)cc(CCCC)c1. The van der Waals surface area contributed by atoms with Gasteiger partial charge in [-0.25, -0.2) is 0 Å². The van der Waals surface area contributed by atoms with E-state index in [4.69, 9.17) is 0 Å². The van der Waals surface area contributed by atoms with Crippen LogP contribution < -0.4 is 0 Å². The van der Waals surface area contributed by atoms with Crippen molar-refractivity contribution in [1.82, 2.24) is 0 Å². The molecule has 0 spiro atoms. The summed E-state index contributed by atoms with van der Waals surface area (Å²) in [5.41, 5.74) is 4.42. The fraction of sp³-hybridized carbons (Fsp3) is 0.529. The van der Waals surface area contributed by atoms with Crippen molar-refractivity contribution in [3.05, 3.63) is 47.5 Å². The summed E-state index contributed by atoms with van der Waals surface area (Å²) in [6.07, 6.45) is 8.22. The Morgan fingerprint density at radius 1 is 1.06 bits per heavy atom. The van der Waals surface area contributed by atoms with Gasteiger partial charge in [-0.05, 0) is 41.9 Å². The van der Waals surface area contributed by atoms with Gasteiger partial charge < -0.3 is 0 Å². The zero-order valence-corrected chi connectivity index (χ0v) is 11.6. The maximum Gasteiger partial charge on any atom is -0.00129 e. The van der Waals surface area contributed by atoms with E-state index in [1.54, 1.807) is 0 Å². The van der Waals surface area contributed by atoms with Crippen LogP contribution in [0.5, 0.6) is 0 Å². The van der Waals surface area contributed by atoms with E-state index in [1.165, 1.54) is 48.8 Å². The largest absolute Gasteiger partial charge is 0.102 e. The quantitative estimate of drug-likeness (QED) is 0.560. The highest BCUT2D eigenvalue weighted by molar-refractivity contribution is 5.34. The Morgan fingerprint density at radius 3 is 2.24 bits per heavy atom. The summed E-state index contributed by atoms with van der Waals surface area (Å²) in [6.45, 7) is 10.6. The Labute approximate surface area is 107 Å². The van der Waals surface area contributed by atoms with Crippen LogP contribution in [0.4, 0.5) is 0 Å². The van der Waals surface area contributed by atoms with Crippen LogP contribution in [0.2, 0.25) is 0 Å². The molecule has 0 heterocycles. The van der Waals surface area contributed by atoms with Crippen molar-refractivity contribution in [2.24, 2.45) is 0 Å². The highest BCUT2D eigenvalue weighted by atomic mass is 14.1. The Balaban J connectivity index is 2.95. The second kappa shape index (κ2) is 7.32. The summed E-state index contributed by atoms with van der Waals surface area (Å²) in [5.74, 6) is 0.465. The molecule has 0 heteroatoms. The van der Waals surface area contributed by atoms with Crippen molar-refractivity contribution in [3.63, 3.8) is 0 Å². The molecule has 1 atom stereocenters. The van der Waals surface area contributed by atoms with Gasteiger partial charge in [0.15, 0.2) is 0 Å². The standard InChI is InChI=1S/C17H26/c1-5-8-10-16-11-15(9-6-2)12-17(13-16)14(4)7-3/h7,11-14H,3,5-6,8-10H2,1-2,4H3. The lowest BCUT2D eigenvalue weighted by Gasteiger charge is -2.12. The molecule has 17 heavy (non-hydrogen) atoms. The summed E-state index contributed by atoms with van der Waals surface area (Å²) in [4.78, 5) is 0. The molecule has 0 saturated carbocycles. The predicted molar refractivity (Wildman–Crippen MR) is 77.7 cm³/mol. The van der Waals surface area contributed by atoms with Crippen LogP contribution in [0.1, 0.15) is 62.6 Å². The first-order valence-electron chi connectivity index (χ1n) is 6.96. The van der Waals surface area contributed by atoms with E-state index in [2.05, 4.69) is 45.5 Å². The molecule has 0 radical (unpaired) electrons. The molecule has 1 rings (SSSR count). The minimum atomic E-state index is 0.465. The Bertz CT molecular complexity index is 349. The van der Waals surface area contributed by atoms with Gasteiger partial charge in [-0.15, -0.1) is 6.58 Å². The van der Waals surface area contributed by atoms with E-state index in [9.17, 15) is 0 Å². The molecule has 0 aliphatic rings.